The van der Waals surface area contributed by atoms with Crippen molar-refractivity contribution < 1.29 is 18.7 Å². The highest BCUT2D eigenvalue weighted by atomic mass is 16.5. The molecule has 28 heavy (non-hydrogen) atoms. The fraction of sp³-hybridized carbons (Fsp3) is 0.565. The van der Waals surface area contributed by atoms with Gasteiger partial charge in [0.25, 0.3) is 5.91 Å². The van der Waals surface area contributed by atoms with Gasteiger partial charge in [0.15, 0.2) is 11.5 Å². The molecular formula is C23H27NO4. The maximum absolute atomic E-state index is 13.3. The molecule has 1 saturated heterocycles. The first-order valence-electron chi connectivity index (χ1n) is 10.7. The molecular weight excluding hydrogens is 354 g/mol. The van der Waals surface area contributed by atoms with Crippen LogP contribution in [0, 0.1) is 6.92 Å². The molecule has 3 aliphatic rings. The average Bonchev–Trinajstić information content (AvgIpc) is 3.27. The number of likely N-dealkylation sites (tertiary alicyclic amines) is 1. The average molecular weight is 381 g/mol. The summed E-state index contributed by atoms with van der Waals surface area (Å²) in [6, 6.07) is 3.71. The molecule has 2 aromatic rings. The molecule has 1 amide bonds. The van der Waals surface area contributed by atoms with E-state index in [1.54, 1.807) is 0 Å². The summed E-state index contributed by atoms with van der Waals surface area (Å²) in [4.78, 5) is 28.0. The number of Topliss-reactive ketones (excluding diaryl/α,β-unsaturated/α-hetero) is 1. The smallest absolute Gasteiger partial charge is 0.289 e. The minimum Gasteiger partial charge on any atom is -0.486 e. The van der Waals surface area contributed by atoms with Gasteiger partial charge in [-0.3, -0.25) is 9.59 Å². The number of ether oxygens (including phenoxy) is 1. The molecule has 1 aromatic heterocycles. The Kier molecular flexibility index (Phi) is 4.22. The van der Waals surface area contributed by atoms with Crippen LogP contribution in [0.3, 0.4) is 0 Å². The van der Waals surface area contributed by atoms with Crippen LogP contribution in [0.5, 0.6) is 5.75 Å². The lowest BCUT2D eigenvalue weighted by atomic mass is 9.83. The van der Waals surface area contributed by atoms with Gasteiger partial charge in [-0.2, -0.15) is 0 Å². The number of rotatable bonds is 1. The molecule has 2 aliphatic heterocycles. The molecule has 1 aromatic carbocycles. The Hall–Kier alpha value is -2.30. The number of ketones is 1. The SMILES string of the molecule is Cc1c(C(=O)N2CCCC2)oc2ccc3c(c12)C(=O)CC1(CCCCCC1)O3. The van der Waals surface area contributed by atoms with Crippen LogP contribution >= 0.6 is 0 Å². The van der Waals surface area contributed by atoms with E-state index in [4.69, 9.17) is 9.15 Å². The summed E-state index contributed by atoms with van der Waals surface area (Å²) in [5.41, 5.74) is 1.62. The highest BCUT2D eigenvalue weighted by Crippen LogP contribution is 2.45. The number of fused-ring (bicyclic) bond motifs is 3. The Balaban J connectivity index is 1.57. The van der Waals surface area contributed by atoms with Crippen molar-refractivity contribution >= 4 is 22.7 Å². The van der Waals surface area contributed by atoms with Crippen molar-refractivity contribution in [3.63, 3.8) is 0 Å². The lowest BCUT2D eigenvalue weighted by Gasteiger charge is -2.37. The van der Waals surface area contributed by atoms with E-state index in [9.17, 15) is 9.59 Å². The third kappa shape index (κ3) is 2.75. The molecule has 3 heterocycles. The van der Waals surface area contributed by atoms with Crippen molar-refractivity contribution in [3.8, 4) is 5.75 Å². The van der Waals surface area contributed by atoms with Crippen LogP contribution in [0.25, 0.3) is 11.0 Å². The molecule has 5 heteroatoms. The van der Waals surface area contributed by atoms with Crippen LogP contribution in [0.2, 0.25) is 0 Å². The van der Waals surface area contributed by atoms with Crippen LogP contribution in [0.1, 0.15) is 84.3 Å². The summed E-state index contributed by atoms with van der Waals surface area (Å²) in [5, 5.41) is 0.758. The predicted octanol–water partition coefficient (Wildman–Crippen LogP) is 5.04. The van der Waals surface area contributed by atoms with Gasteiger partial charge >= 0.3 is 0 Å². The lowest BCUT2D eigenvalue weighted by Crippen LogP contribution is -2.41. The molecule has 0 N–H and O–H groups in total. The van der Waals surface area contributed by atoms with Crippen molar-refractivity contribution in [3.05, 3.63) is 29.0 Å². The van der Waals surface area contributed by atoms with Gasteiger partial charge in [-0.25, -0.2) is 0 Å². The van der Waals surface area contributed by atoms with Crippen LogP contribution in [0.15, 0.2) is 16.5 Å². The van der Waals surface area contributed by atoms with Gasteiger partial charge in [-0.05, 0) is 57.6 Å². The highest BCUT2D eigenvalue weighted by molar-refractivity contribution is 6.13. The fourth-order valence-electron chi connectivity index (χ4n) is 5.25. The quantitative estimate of drug-likeness (QED) is 0.695. The van der Waals surface area contributed by atoms with Crippen molar-refractivity contribution in [2.75, 3.05) is 13.1 Å². The van der Waals surface area contributed by atoms with Crippen molar-refractivity contribution in [2.24, 2.45) is 0 Å². The largest absolute Gasteiger partial charge is 0.486 e. The number of benzene rings is 1. The molecule has 1 spiro atoms. The zero-order valence-electron chi connectivity index (χ0n) is 16.5. The van der Waals surface area contributed by atoms with E-state index in [1.807, 2.05) is 24.0 Å². The molecule has 1 saturated carbocycles. The highest BCUT2D eigenvalue weighted by Gasteiger charge is 2.42. The van der Waals surface area contributed by atoms with E-state index in [1.165, 1.54) is 12.8 Å². The third-order valence-electron chi connectivity index (χ3n) is 6.75. The molecule has 5 rings (SSSR count). The Morgan fingerprint density at radius 1 is 1.04 bits per heavy atom. The first kappa shape index (κ1) is 17.8. The Labute approximate surface area is 165 Å². The van der Waals surface area contributed by atoms with E-state index in [-0.39, 0.29) is 17.3 Å². The number of hydrogen-bond acceptors (Lipinski definition) is 4. The lowest BCUT2D eigenvalue weighted by molar-refractivity contribution is 0.0301. The second-order valence-corrected chi connectivity index (χ2v) is 8.67. The molecule has 0 unspecified atom stereocenters. The standard InChI is InChI=1S/C23H27NO4/c1-15-19-17(27-21(15)22(26)24-12-6-7-13-24)8-9-18-20(19)16(25)14-23(28-18)10-4-2-3-5-11-23/h8-9H,2-7,10-14H2,1H3. The van der Waals surface area contributed by atoms with Crippen molar-refractivity contribution in [1.29, 1.82) is 0 Å². The second-order valence-electron chi connectivity index (χ2n) is 8.67. The summed E-state index contributed by atoms with van der Waals surface area (Å²) in [7, 11) is 0. The summed E-state index contributed by atoms with van der Waals surface area (Å²) in [5.74, 6) is 1.09. The Morgan fingerprint density at radius 2 is 1.75 bits per heavy atom. The Bertz CT molecular complexity index is 943. The van der Waals surface area contributed by atoms with E-state index in [0.29, 0.717) is 29.1 Å². The number of nitrogens with zero attached hydrogens (tertiary/aromatic N) is 1. The molecule has 2 fully saturated rings. The van der Waals surface area contributed by atoms with Crippen molar-refractivity contribution in [1.82, 2.24) is 4.90 Å². The van der Waals surface area contributed by atoms with E-state index >= 15 is 0 Å². The number of furan rings is 1. The summed E-state index contributed by atoms with van der Waals surface area (Å²) < 4.78 is 12.4. The maximum Gasteiger partial charge on any atom is 0.289 e. The summed E-state index contributed by atoms with van der Waals surface area (Å²) >= 11 is 0. The number of aryl methyl sites for hydroxylation is 1. The number of hydrogen-bond donors (Lipinski definition) is 0. The number of amides is 1. The van der Waals surface area contributed by atoms with Crippen LogP contribution in [0.4, 0.5) is 0 Å². The van der Waals surface area contributed by atoms with Gasteiger partial charge in [0, 0.05) is 24.0 Å². The number of carbonyl (C=O) groups excluding carboxylic acids is 2. The fourth-order valence-corrected chi connectivity index (χ4v) is 5.25. The monoisotopic (exact) mass is 381 g/mol. The second kappa shape index (κ2) is 6.64. The summed E-state index contributed by atoms with van der Waals surface area (Å²) in [6.07, 6.45) is 9.05. The number of carbonyl (C=O) groups is 2. The zero-order valence-corrected chi connectivity index (χ0v) is 16.5. The topological polar surface area (TPSA) is 59.8 Å². The van der Waals surface area contributed by atoms with Gasteiger partial charge in [0.1, 0.15) is 16.9 Å². The molecule has 0 atom stereocenters. The normalized spacial score (nSPS) is 21.6. The minimum atomic E-state index is -0.347. The maximum atomic E-state index is 13.3. The van der Waals surface area contributed by atoms with Gasteiger partial charge in [-0.15, -0.1) is 0 Å². The molecule has 0 radical (unpaired) electrons. The first-order chi connectivity index (χ1) is 13.6. The predicted molar refractivity (Wildman–Crippen MR) is 106 cm³/mol. The minimum absolute atomic E-state index is 0.0654. The van der Waals surface area contributed by atoms with E-state index < -0.39 is 0 Å². The third-order valence-corrected chi connectivity index (χ3v) is 6.75. The van der Waals surface area contributed by atoms with Crippen molar-refractivity contribution in [2.45, 2.75) is 70.3 Å². The van der Waals surface area contributed by atoms with Gasteiger partial charge in [0.2, 0.25) is 0 Å². The zero-order chi connectivity index (χ0) is 19.3. The van der Waals surface area contributed by atoms with E-state index in [0.717, 1.165) is 62.6 Å². The molecule has 1 aliphatic carbocycles. The molecule has 148 valence electrons. The van der Waals surface area contributed by atoms with Gasteiger partial charge < -0.3 is 14.1 Å². The molecule has 0 bridgehead atoms. The van der Waals surface area contributed by atoms with Gasteiger partial charge in [-0.1, -0.05) is 12.8 Å². The van der Waals surface area contributed by atoms with Crippen LogP contribution in [-0.2, 0) is 0 Å². The first-order valence-corrected chi connectivity index (χ1v) is 10.7. The van der Waals surface area contributed by atoms with Crippen LogP contribution < -0.4 is 4.74 Å². The molecule has 5 nitrogen and oxygen atoms in total. The van der Waals surface area contributed by atoms with Crippen LogP contribution in [-0.4, -0.2) is 35.3 Å². The van der Waals surface area contributed by atoms with Gasteiger partial charge in [0.05, 0.1) is 12.0 Å². The Morgan fingerprint density at radius 3 is 2.46 bits per heavy atom. The van der Waals surface area contributed by atoms with E-state index in [2.05, 4.69) is 0 Å². The summed E-state index contributed by atoms with van der Waals surface area (Å²) in [6.45, 7) is 3.44.